The van der Waals surface area contributed by atoms with Crippen LogP contribution in [0.1, 0.15) is 29.6 Å². The van der Waals surface area contributed by atoms with Crippen LogP contribution < -0.4 is 4.74 Å². The molecule has 3 heterocycles. The van der Waals surface area contributed by atoms with E-state index in [1.54, 1.807) is 19.4 Å². The normalized spacial score (nSPS) is 14.1. The van der Waals surface area contributed by atoms with Gasteiger partial charge >= 0.3 is 0 Å². The standard InChI is InChI=1S/C20H19ClN4O3S/c1-27-15-7-5-13(6-8-15)17-23-24-20(28-17)29-18-16(21)11-14(12-22-18)19(26)25-9-3-2-4-10-25/h5-8,11-12H,2-4,9-10H2,1H3. The van der Waals surface area contributed by atoms with Crippen molar-refractivity contribution in [3.8, 4) is 17.2 Å². The summed E-state index contributed by atoms with van der Waals surface area (Å²) in [6.45, 7) is 1.56. The topological polar surface area (TPSA) is 81.3 Å². The molecule has 1 saturated heterocycles. The fraction of sp³-hybridized carbons (Fsp3) is 0.300. The van der Waals surface area contributed by atoms with E-state index >= 15 is 0 Å². The fourth-order valence-electron chi connectivity index (χ4n) is 3.08. The van der Waals surface area contributed by atoms with Crippen molar-refractivity contribution in [3.63, 3.8) is 0 Å². The van der Waals surface area contributed by atoms with Crippen molar-refractivity contribution in [2.45, 2.75) is 29.5 Å². The van der Waals surface area contributed by atoms with Crippen LogP contribution in [0.3, 0.4) is 0 Å². The molecule has 1 amide bonds. The maximum Gasteiger partial charge on any atom is 0.283 e. The zero-order chi connectivity index (χ0) is 20.2. The predicted octanol–water partition coefficient (Wildman–Crippen LogP) is 4.57. The second kappa shape index (κ2) is 8.84. The molecule has 29 heavy (non-hydrogen) atoms. The molecule has 3 aromatic rings. The summed E-state index contributed by atoms with van der Waals surface area (Å²) in [7, 11) is 1.61. The Bertz CT molecular complexity index is 1000. The van der Waals surface area contributed by atoms with Crippen LogP contribution >= 0.6 is 23.4 Å². The monoisotopic (exact) mass is 430 g/mol. The molecular formula is C20H19ClN4O3S. The number of halogens is 1. The van der Waals surface area contributed by atoms with Gasteiger partial charge in [0.2, 0.25) is 5.89 Å². The number of pyridine rings is 1. The zero-order valence-corrected chi connectivity index (χ0v) is 17.4. The highest BCUT2D eigenvalue weighted by Crippen LogP contribution is 2.33. The number of benzene rings is 1. The first-order valence-corrected chi connectivity index (χ1v) is 10.4. The van der Waals surface area contributed by atoms with Crippen molar-refractivity contribution in [1.82, 2.24) is 20.1 Å². The summed E-state index contributed by atoms with van der Waals surface area (Å²) in [6.07, 6.45) is 4.79. The van der Waals surface area contributed by atoms with E-state index in [0.29, 0.717) is 26.7 Å². The molecule has 7 nitrogen and oxygen atoms in total. The van der Waals surface area contributed by atoms with Gasteiger partial charge in [-0.05, 0) is 61.4 Å². The minimum Gasteiger partial charge on any atom is -0.497 e. The molecule has 1 aliphatic rings. The molecule has 4 rings (SSSR count). The smallest absolute Gasteiger partial charge is 0.283 e. The number of nitrogens with zero attached hydrogens (tertiary/aromatic N) is 4. The van der Waals surface area contributed by atoms with Gasteiger partial charge in [0.15, 0.2) is 0 Å². The minimum atomic E-state index is -0.0322. The fourth-order valence-corrected chi connectivity index (χ4v) is 3.99. The highest BCUT2D eigenvalue weighted by Gasteiger charge is 2.20. The van der Waals surface area contributed by atoms with E-state index in [0.717, 1.165) is 49.0 Å². The Labute approximate surface area is 177 Å². The average Bonchev–Trinajstić information content (AvgIpc) is 3.24. The van der Waals surface area contributed by atoms with Gasteiger partial charge in [0.1, 0.15) is 10.8 Å². The number of piperidine rings is 1. The third-order valence-corrected chi connectivity index (χ3v) is 5.88. The lowest BCUT2D eigenvalue weighted by molar-refractivity contribution is 0.0724. The number of aromatic nitrogens is 3. The molecule has 0 bridgehead atoms. The molecule has 0 aliphatic carbocycles. The van der Waals surface area contributed by atoms with Gasteiger partial charge in [0.05, 0.1) is 17.7 Å². The predicted molar refractivity (Wildman–Crippen MR) is 109 cm³/mol. The maximum atomic E-state index is 12.6. The zero-order valence-electron chi connectivity index (χ0n) is 15.8. The summed E-state index contributed by atoms with van der Waals surface area (Å²) in [5, 5.41) is 9.31. The van der Waals surface area contributed by atoms with Crippen molar-refractivity contribution in [3.05, 3.63) is 47.1 Å². The molecule has 9 heteroatoms. The molecular weight excluding hydrogens is 412 g/mol. The molecule has 0 atom stereocenters. The second-order valence-electron chi connectivity index (χ2n) is 6.57. The van der Waals surface area contributed by atoms with Crippen LogP contribution in [0.25, 0.3) is 11.5 Å². The average molecular weight is 431 g/mol. The van der Waals surface area contributed by atoms with Gasteiger partial charge in [0, 0.05) is 24.8 Å². The van der Waals surface area contributed by atoms with E-state index in [2.05, 4.69) is 15.2 Å². The SMILES string of the molecule is COc1ccc(-c2nnc(Sc3ncc(C(=O)N4CCCCC4)cc3Cl)o2)cc1. The van der Waals surface area contributed by atoms with Crippen LogP contribution in [0.4, 0.5) is 0 Å². The summed E-state index contributed by atoms with van der Waals surface area (Å²) >= 11 is 7.52. The molecule has 0 spiro atoms. The molecule has 1 fully saturated rings. The third kappa shape index (κ3) is 4.54. The van der Waals surface area contributed by atoms with Crippen LogP contribution in [0.15, 0.2) is 51.2 Å². The molecule has 1 aliphatic heterocycles. The van der Waals surface area contributed by atoms with Crippen LogP contribution in [0.5, 0.6) is 5.75 Å². The number of hydrogen-bond acceptors (Lipinski definition) is 7. The van der Waals surface area contributed by atoms with Gasteiger partial charge < -0.3 is 14.1 Å². The summed E-state index contributed by atoms with van der Waals surface area (Å²) in [5.41, 5.74) is 1.28. The van der Waals surface area contributed by atoms with E-state index in [4.69, 9.17) is 20.8 Å². The Balaban J connectivity index is 1.47. The van der Waals surface area contributed by atoms with E-state index in [-0.39, 0.29) is 5.91 Å². The first-order valence-electron chi connectivity index (χ1n) is 9.24. The van der Waals surface area contributed by atoms with Gasteiger partial charge in [-0.1, -0.05) is 11.6 Å². The van der Waals surface area contributed by atoms with E-state index in [9.17, 15) is 4.79 Å². The number of hydrogen-bond donors (Lipinski definition) is 0. The van der Waals surface area contributed by atoms with Crippen LogP contribution in [0.2, 0.25) is 5.02 Å². The lowest BCUT2D eigenvalue weighted by Crippen LogP contribution is -2.35. The Morgan fingerprint density at radius 2 is 1.93 bits per heavy atom. The number of methoxy groups -OCH3 is 1. The Kier molecular flexibility index (Phi) is 6.01. The molecule has 0 N–H and O–H groups in total. The Hall–Kier alpha value is -2.58. The van der Waals surface area contributed by atoms with Gasteiger partial charge in [0.25, 0.3) is 11.1 Å². The molecule has 0 unspecified atom stereocenters. The third-order valence-electron chi connectivity index (χ3n) is 4.63. The van der Waals surface area contributed by atoms with E-state index in [1.165, 1.54) is 6.42 Å². The van der Waals surface area contributed by atoms with Crippen molar-refractivity contribution in [2.24, 2.45) is 0 Å². The number of rotatable bonds is 5. The number of carbonyl (C=O) groups excluding carboxylic acids is 1. The summed E-state index contributed by atoms with van der Waals surface area (Å²) in [5.74, 6) is 1.11. The number of likely N-dealkylation sites (tertiary alicyclic amines) is 1. The first kappa shape index (κ1) is 19.7. The second-order valence-corrected chi connectivity index (χ2v) is 7.91. The van der Waals surface area contributed by atoms with Crippen molar-refractivity contribution >= 4 is 29.3 Å². The first-order chi connectivity index (χ1) is 14.1. The Morgan fingerprint density at radius 1 is 1.17 bits per heavy atom. The number of ether oxygens (including phenoxy) is 1. The van der Waals surface area contributed by atoms with E-state index < -0.39 is 0 Å². The molecule has 150 valence electrons. The van der Waals surface area contributed by atoms with Gasteiger partial charge in [-0.2, -0.15) is 0 Å². The highest BCUT2D eigenvalue weighted by molar-refractivity contribution is 7.99. The van der Waals surface area contributed by atoms with Crippen molar-refractivity contribution in [1.29, 1.82) is 0 Å². The number of carbonyl (C=O) groups is 1. The number of amides is 1. The van der Waals surface area contributed by atoms with Gasteiger partial charge in [-0.25, -0.2) is 4.98 Å². The van der Waals surface area contributed by atoms with Gasteiger partial charge in [-0.15, -0.1) is 10.2 Å². The van der Waals surface area contributed by atoms with Crippen molar-refractivity contribution in [2.75, 3.05) is 20.2 Å². The largest absolute Gasteiger partial charge is 0.497 e. The van der Waals surface area contributed by atoms with Crippen LogP contribution in [-0.2, 0) is 0 Å². The molecule has 0 radical (unpaired) electrons. The highest BCUT2D eigenvalue weighted by atomic mass is 35.5. The molecule has 1 aromatic carbocycles. The van der Waals surface area contributed by atoms with Gasteiger partial charge in [-0.3, -0.25) is 4.79 Å². The van der Waals surface area contributed by atoms with E-state index in [1.807, 2.05) is 29.2 Å². The van der Waals surface area contributed by atoms with Crippen LogP contribution in [-0.4, -0.2) is 46.2 Å². The summed E-state index contributed by atoms with van der Waals surface area (Å²) < 4.78 is 10.8. The lowest BCUT2D eigenvalue weighted by Gasteiger charge is -2.26. The maximum absolute atomic E-state index is 12.6. The molecule has 0 saturated carbocycles. The quantitative estimate of drug-likeness (QED) is 0.586. The summed E-state index contributed by atoms with van der Waals surface area (Å²) in [6, 6.07) is 8.97. The summed E-state index contributed by atoms with van der Waals surface area (Å²) in [4.78, 5) is 18.8. The minimum absolute atomic E-state index is 0.0322. The molecule has 2 aromatic heterocycles. The van der Waals surface area contributed by atoms with Crippen LogP contribution in [0, 0.1) is 0 Å². The Morgan fingerprint density at radius 3 is 2.62 bits per heavy atom. The lowest BCUT2D eigenvalue weighted by atomic mass is 10.1. The van der Waals surface area contributed by atoms with Crippen molar-refractivity contribution < 1.29 is 13.9 Å².